The van der Waals surface area contributed by atoms with Crippen LogP contribution in [0.5, 0.6) is 5.75 Å². The van der Waals surface area contributed by atoms with Gasteiger partial charge >= 0.3 is 0 Å². The Morgan fingerprint density at radius 1 is 1.45 bits per heavy atom. The number of benzene rings is 1. The minimum atomic E-state index is -0.221. The molecule has 22 heavy (non-hydrogen) atoms. The van der Waals surface area contributed by atoms with Crippen LogP contribution in [0.4, 0.5) is 0 Å². The Bertz CT molecular complexity index is 800. The summed E-state index contributed by atoms with van der Waals surface area (Å²) >= 11 is 0. The highest BCUT2D eigenvalue weighted by atomic mass is 16.5. The molecule has 0 fully saturated rings. The van der Waals surface area contributed by atoms with Crippen LogP contribution < -0.4 is 4.74 Å². The minimum absolute atomic E-state index is 0.207. The monoisotopic (exact) mass is 298 g/mol. The molecule has 1 aromatic heterocycles. The second-order valence-electron chi connectivity index (χ2n) is 5.23. The number of nitrogens with zero attached hydrogens (tertiary/aromatic N) is 8. The Hall–Kier alpha value is -2.89. The smallest absolute Gasteiger partial charge is 0.124 e. The van der Waals surface area contributed by atoms with Crippen molar-refractivity contribution >= 4 is 10.9 Å². The molecule has 2 aromatic rings. The largest absolute Gasteiger partial charge is 0.493 e. The molecule has 0 radical (unpaired) electrons. The first-order chi connectivity index (χ1) is 10.7. The lowest BCUT2D eigenvalue weighted by Gasteiger charge is -2.23. The topological polar surface area (TPSA) is 125 Å². The summed E-state index contributed by atoms with van der Waals surface area (Å²) in [5.74, 6) is 0.787. The predicted molar refractivity (Wildman–Crippen MR) is 80.5 cm³/mol. The first-order valence-corrected chi connectivity index (χ1v) is 6.91. The molecule has 0 spiro atoms. The third-order valence-electron chi connectivity index (χ3n) is 3.64. The lowest BCUT2D eigenvalue weighted by Crippen LogP contribution is -2.24. The van der Waals surface area contributed by atoms with Gasteiger partial charge in [0.2, 0.25) is 0 Å². The fourth-order valence-electron chi connectivity index (χ4n) is 2.71. The summed E-state index contributed by atoms with van der Waals surface area (Å²) in [5, 5.41) is 12.8. The van der Waals surface area contributed by atoms with Gasteiger partial charge in [-0.15, -0.1) is 0 Å². The van der Waals surface area contributed by atoms with Gasteiger partial charge in [0.15, 0.2) is 0 Å². The first-order valence-electron chi connectivity index (χ1n) is 6.91. The van der Waals surface area contributed by atoms with E-state index >= 15 is 0 Å². The van der Waals surface area contributed by atoms with E-state index in [9.17, 15) is 0 Å². The van der Waals surface area contributed by atoms with Gasteiger partial charge in [-0.05, 0) is 29.6 Å². The molecule has 0 saturated carbocycles. The highest BCUT2D eigenvalue weighted by Gasteiger charge is 2.23. The van der Waals surface area contributed by atoms with Crippen LogP contribution in [0, 0.1) is 0 Å². The van der Waals surface area contributed by atoms with Gasteiger partial charge < -0.3 is 4.74 Å². The fourth-order valence-corrected chi connectivity index (χ4v) is 2.71. The SMILES string of the molecule is C[C@H](Cn1ncc2ccc3c(c21)C[C@H](N=[N+]=[N-])CO3)N=[N+]=[N-]. The van der Waals surface area contributed by atoms with Crippen molar-refractivity contribution in [3.8, 4) is 5.75 Å². The molecular formula is C13H14N8O. The van der Waals surface area contributed by atoms with E-state index < -0.39 is 0 Å². The molecule has 0 N–H and O–H groups in total. The Kier molecular flexibility index (Phi) is 3.74. The molecule has 0 unspecified atom stereocenters. The second-order valence-corrected chi connectivity index (χ2v) is 5.23. The van der Waals surface area contributed by atoms with Crippen molar-refractivity contribution in [1.29, 1.82) is 0 Å². The number of fused-ring (bicyclic) bond motifs is 3. The summed E-state index contributed by atoms with van der Waals surface area (Å²) in [4.78, 5) is 5.69. The number of hydrogen-bond donors (Lipinski definition) is 0. The van der Waals surface area contributed by atoms with E-state index in [1.807, 2.05) is 23.7 Å². The van der Waals surface area contributed by atoms with Gasteiger partial charge in [-0.2, -0.15) is 5.10 Å². The van der Waals surface area contributed by atoms with Gasteiger partial charge in [-0.1, -0.05) is 17.2 Å². The highest BCUT2D eigenvalue weighted by Crippen LogP contribution is 2.33. The summed E-state index contributed by atoms with van der Waals surface area (Å²) in [5.41, 5.74) is 19.1. The van der Waals surface area contributed by atoms with Gasteiger partial charge in [0.05, 0.1) is 30.4 Å². The molecule has 2 atom stereocenters. The number of aromatic nitrogens is 2. The van der Waals surface area contributed by atoms with Gasteiger partial charge in [0, 0.05) is 27.3 Å². The molecular weight excluding hydrogens is 284 g/mol. The van der Waals surface area contributed by atoms with Crippen molar-refractivity contribution in [2.45, 2.75) is 32.0 Å². The van der Waals surface area contributed by atoms with Crippen molar-refractivity contribution in [1.82, 2.24) is 9.78 Å². The quantitative estimate of drug-likeness (QED) is 0.487. The molecule has 0 saturated heterocycles. The average Bonchev–Trinajstić information content (AvgIpc) is 2.91. The van der Waals surface area contributed by atoms with Crippen LogP contribution in [0.1, 0.15) is 12.5 Å². The highest BCUT2D eigenvalue weighted by molar-refractivity contribution is 5.84. The summed E-state index contributed by atoms with van der Waals surface area (Å²) in [6.45, 7) is 2.70. The molecule has 0 bridgehead atoms. The maximum absolute atomic E-state index is 8.61. The Balaban J connectivity index is 2.05. The molecule has 1 aromatic carbocycles. The van der Waals surface area contributed by atoms with Crippen LogP contribution in [0.25, 0.3) is 31.8 Å². The van der Waals surface area contributed by atoms with Crippen molar-refractivity contribution in [3.05, 3.63) is 44.8 Å². The Morgan fingerprint density at radius 2 is 2.32 bits per heavy atom. The summed E-state index contributed by atoms with van der Waals surface area (Å²) in [6, 6.07) is 3.43. The Morgan fingerprint density at radius 3 is 3.09 bits per heavy atom. The zero-order valence-electron chi connectivity index (χ0n) is 12.0. The van der Waals surface area contributed by atoms with Gasteiger partial charge in [0.25, 0.3) is 0 Å². The van der Waals surface area contributed by atoms with Crippen LogP contribution in [-0.4, -0.2) is 28.5 Å². The van der Waals surface area contributed by atoms with E-state index in [2.05, 4.69) is 25.2 Å². The number of ether oxygens (including phenoxy) is 1. The van der Waals surface area contributed by atoms with E-state index in [1.165, 1.54) is 0 Å². The van der Waals surface area contributed by atoms with E-state index in [4.69, 9.17) is 15.8 Å². The molecule has 1 aliphatic heterocycles. The fraction of sp³-hybridized carbons (Fsp3) is 0.462. The molecule has 1 aliphatic rings. The van der Waals surface area contributed by atoms with Crippen LogP contribution in [0.3, 0.4) is 0 Å². The van der Waals surface area contributed by atoms with E-state index in [0.717, 1.165) is 22.2 Å². The normalized spacial score (nSPS) is 17.8. The molecule has 0 aliphatic carbocycles. The lowest BCUT2D eigenvalue weighted by molar-refractivity contribution is 0.264. The maximum Gasteiger partial charge on any atom is 0.124 e. The molecule has 3 rings (SSSR count). The predicted octanol–water partition coefficient (Wildman–Crippen LogP) is 3.35. The summed E-state index contributed by atoms with van der Waals surface area (Å²) in [6.07, 6.45) is 2.38. The third kappa shape index (κ3) is 2.50. The molecule has 9 heteroatoms. The van der Waals surface area contributed by atoms with E-state index in [0.29, 0.717) is 19.6 Å². The van der Waals surface area contributed by atoms with Crippen LogP contribution in [0.2, 0.25) is 0 Å². The molecule has 2 heterocycles. The number of rotatable bonds is 4. The molecule has 9 nitrogen and oxygen atoms in total. The van der Waals surface area contributed by atoms with Crippen molar-refractivity contribution < 1.29 is 4.74 Å². The zero-order valence-corrected chi connectivity index (χ0v) is 12.0. The van der Waals surface area contributed by atoms with Crippen molar-refractivity contribution in [2.75, 3.05) is 6.61 Å². The number of hydrogen-bond acceptors (Lipinski definition) is 4. The second kappa shape index (κ2) is 5.85. The van der Waals surface area contributed by atoms with Crippen LogP contribution in [-0.2, 0) is 13.0 Å². The van der Waals surface area contributed by atoms with E-state index in [-0.39, 0.29) is 12.1 Å². The van der Waals surface area contributed by atoms with E-state index in [1.54, 1.807) is 6.20 Å². The zero-order chi connectivity index (χ0) is 15.5. The van der Waals surface area contributed by atoms with Gasteiger partial charge in [-0.3, -0.25) is 4.68 Å². The van der Waals surface area contributed by atoms with Crippen molar-refractivity contribution in [2.24, 2.45) is 10.2 Å². The first kappa shape index (κ1) is 14.1. The summed E-state index contributed by atoms with van der Waals surface area (Å²) < 4.78 is 7.50. The van der Waals surface area contributed by atoms with Crippen LogP contribution in [0.15, 0.2) is 28.6 Å². The maximum atomic E-state index is 8.61. The average molecular weight is 298 g/mol. The molecule has 0 amide bonds. The van der Waals surface area contributed by atoms with Crippen molar-refractivity contribution in [3.63, 3.8) is 0 Å². The standard InChI is InChI=1S/C13H14N8O/c1-8(17-19-14)6-21-13-9(5-16-21)2-3-12-11(13)4-10(7-22-12)18-20-15/h2-3,5,8,10H,4,6-7H2,1H3/t8-,10+/m1/s1. The lowest BCUT2D eigenvalue weighted by atomic mass is 10.0. The summed E-state index contributed by atoms with van der Waals surface area (Å²) in [7, 11) is 0. The van der Waals surface area contributed by atoms with Gasteiger partial charge in [-0.25, -0.2) is 0 Å². The number of azide groups is 2. The van der Waals surface area contributed by atoms with Crippen LogP contribution >= 0.6 is 0 Å². The Labute approximate surface area is 125 Å². The van der Waals surface area contributed by atoms with Gasteiger partial charge in [0.1, 0.15) is 5.75 Å². The minimum Gasteiger partial charge on any atom is -0.493 e. The molecule has 112 valence electrons. The third-order valence-corrected chi connectivity index (χ3v) is 3.64.